The fourth-order valence-electron chi connectivity index (χ4n) is 1.91. The Morgan fingerprint density at radius 1 is 1.47 bits per heavy atom. The van der Waals surface area contributed by atoms with Gasteiger partial charge < -0.3 is 15.4 Å². The second-order valence-electron chi connectivity index (χ2n) is 4.39. The zero-order valence-electron chi connectivity index (χ0n) is 9.76. The van der Waals surface area contributed by atoms with Crippen LogP contribution in [0.25, 0.3) is 10.9 Å². The van der Waals surface area contributed by atoms with Crippen LogP contribution in [0.1, 0.15) is 12.5 Å². The predicted molar refractivity (Wildman–Crippen MR) is 74.1 cm³/mol. The highest BCUT2D eigenvalue weighted by Crippen LogP contribution is 2.19. The summed E-state index contributed by atoms with van der Waals surface area (Å²) in [6.07, 6.45) is 2.03. The average molecular weight is 248 g/mol. The van der Waals surface area contributed by atoms with Crippen molar-refractivity contribution in [3.05, 3.63) is 36.0 Å². The van der Waals surface area contributed by atoms with Crippen molar-refractivity contribution in [3.8, 4) is 0 Å². The molecule has 1 heterocycles. The molecule has 90 valence electrons. The van der Waals surface area contributed by atoms with Crippen LogP contribution in [0.4, 0.5) is 0 Å². The van der Waals surface area contributed by atoms with Crippen molar-refractivity contribution in [2.45, 2.75) is 13.5 Å². The Kier molecular flexibility index (Phi) is 3.45. The van der Waals surface area contributed by atoms with E-state index >= 15 is 0 Å². The van der Waals surface area contributed by atoms with E-state index in [2.05, 4.69) is 4.57 Å². The topological polar surface area (TPSA) is 51.2 Å². The Hall–Kier alpha value is -1.39. The number of aliphatic hydroxyl groups excluding tert-OH is 1. The summed E-state index contributed by atoms with van der Waals surface area (Å²) in [4.78, 5) is 0.420. The molecule has 1 atom stereocenters. The number of nitrogens with zero attached hydrogens (tertiary/aromatic N) is 1. The third kappa shape index (κ3) is 2.48. The van der Waals surface area contributed by atoms with E-state index in [-0.39, 0.29) is 12.5 Å². The second-order valence-corrected chi connectivity index (χ2v) is 4.83. The van der Waals surface area contributed by atoms with Crippen LogP contribution in [0.5, 0.6) is 0 Å². The molecule has 0 bridgehead atoms. The van der Waals surface area contributed by atoms with Crippen LogP contribution in [0.3, 0.4) is 0 Å². The fraction of sp³-hybridized carbons (Fsp3) is 0.308. The lowest BCUT2D eigenvalue weighted by Gasteiger charge is -2.10. The first kappa shape index (κ1) is 12.1. The van der Waals surface area contributed by atoms with Crippen molar-refractivity contribution in [2.24, 2.45) is 11.7 Å². The monoisotopic (exact) mass is 248 g/mol. The van der Waals surface area contributed by atoms with Gasteiger partial charge in [0.25, 0.3) is 0 Å². The molecular formula is C13H16N2OS. The molecule has 0 radical (unpaired) electrons. The average Bonchev–Trinajstić information content (AvgIpc) is 2.71. The normalized spacial score (nSPS) is 12.8. The van der Waals surface area contributed by atoms with E-state index in [1.54, 1.807) is 0 Å². The summed E-state index contributed by atoms with van der Waals surface area (Å²) in [6.45, 7) is 3.03. The molecule has 0 spiro atoms. The second kappa shape index (κ2) is 4.85. The SMILES string of the molecule is CC(CO)Cn1ccc2cc(C(N)=S)ccc21. The zero-order valence-corrected chi connectivity index (χ0v) is 10.6. The van der Waals surface area contributed by atoms with Crippen LogP contribution in [0.2, 0.25) is 0 Å². The predicted octanol–water partition coefficient (Wildman–Crippen LogP) is 1.90. The molecule has 1 aromatic carbocycles. The van der Waals surface area contributed by atoms with Gasteiger partial charge in [-0.05, 0) is 30.2 Å². The first-order valence-electron chi connectivity index (χ1n) is 5.61. The van der Waals surface area contributed by atoms with E-state index in [1.165, 1.54) is 0 Å². The van der Waals surface area contributed by atoms with Gasteiger partial charge >= 0.3 is 0 Å². The molecule has 2 aromatic rings. The maximum atomic E-state index is 9.08. The quantitative estimate of drug-likeness (QED) is 0.813. The van der Waals surface area contributed by atoms with Crippen molar-refractivity contribution in [1.29, 1.82) is 0 Å². The number of benzene rings is 1. The minimum absolute atomic E-state index is 0.199. The standard InChI is InChI=1S/C13H16N2OS/c1-9(8-16)7-15-5-4-10-6-11(13(14)17)2-3-12(10)15/h2-6,9,16H,7-8H2,1H3,(H2,14,17). The van der Waals surface area contributed by atoms with Gasteiger partial charge in [0.2, 0.25) is 0 Å². The molecule has 2 rings (SSSR count). The van der Waals surface area contributed by atoms with Gasteiger partial charge in [0, 0.05) is 35.8 Å². The minimum atomic E-state index is 0.199. The Balaban J connectivity index is 2.38. The summed E-state index contributed by atoms with van der Waals surface area (Å²) in [5.41, 5.74) is 7.64. The maximum absolute atomic E-state index is 9.08. The first-order valence-corrected chi connectivity index (χ1v) is 6.02. The molecule has 0 aliphatic heterocycles. The Labute approximate surface area is 106 Å². The summed E-state index contributed by atoms with van der Waals surface area (Å²) < 4.78 is 2.14. The zero-order chi connectivity index (χ0) is 12.4. The third-order valence-corrected chi connectivity index (χ3v) is 3.11. The van der Waals surface area contributed by atoms with Gasteiger partial charge in [-0.25, -0.2) is 0 Å². The number of aliphatic hydroxyl groups is 1. The van der Waals surface area contributed by atoms with Crippen LogP contribution in [-0.2, 0) is 6.54 Å². The van der Waals surface area contributed by atoms with Gasteiger partial charge in [-0.1, -0.05) is 19.1 Å². The smallest absolute Gasteiger partial charge is 0.104 e. The lowest BCUT2D eigenvalue weighted by atomic mass is 10.1. The Bertz CT molecular complexity index is 547. The summed E-state index contributed by atoms with van der Waals surface area (Å²) in [5.74, 6) is 0.251. The lowest BCUT2D eigenvalue weighted by Crippen LogP contribution is -2.11. The van der Waals surface area contributed by atoms with Gasteiger partial charge in [-0.2, -0.15) is 0 Å². The van der Waals surface area contributed by atoms with Gasteiger partial charge in [-0.3, -0.25) is 0 Å². The number of rotatable bonds is 4. The van der Waals surface area contributed by atoms with Crippen molar-refractivity contribution in [1.82, 2.24) is 4.57 Å². The van der Waals surface area contributed by atoms with Crippen LogP contribution >= 0.6 is 12.2 Å². The van der Waals surface area contributed by atoms with Gasteiger partial charge in [0.15, 0.2) is 0 Å². The first-order chi connectivity index (χ1) is 8.11. The number of fused-ring (bicyclic) bond motifs is 1. The van der Waals surface area contributed by atoms with E-state index in [0.717, 1.165) is 23.0 Å². The summed E-state index contributed by atoms with van der Waals surface area (Å²) in [5, 5.41) is 10.2. The highest BCUT2D eigenvalue weighted by atomic mass is 32.1. The number of nitrogens with two attached hydrogens (primary N) is 1. The van der Waals surface area contributed by atoms with Gasteiger partial charge in [0.1, 0.15) is 4.99 Å². The van der Waals surface area contributed by atoms with Gasteiger partial charge in [0.05, 0.1) is 0 Å². The lowest BCUT2D eigenvalue weighted by molar-refractivity contribution is 0.224. The molecule has 1 aromatic heterocycles. The van der Waals surface area contributed by atoms with Crippen LogP contribution in [0.15, 0.2) is 30.5 Å². The molecule has 0 aliphatic rings. The van der Waals surface area contributed by atoms with Crippen molar-refractivity contribution < 1.29 is 5.11 Å². The summed E-state index contributed by atoms with van der Waals surface area (Å²) >= 11 is 4.96. The van der Waals surface area contributed by atoms with Crippen molar-refractivity contribution in [3.63, 3.8) is 0 Å². The van der Waals surface area contributed by atoms with E-state index < -0.39 is 0 Å². The Morgan fingerprint density at radius 2 is 2.24 bits per heavy atom. The van der Waals surface area contributed by atoms with Crippen LogP contribution in [0, 0.1) is 5.92 Å². The summed E-state index contributed by atoms with van der Waals surface area (Å²) in [6, 6.07) is 8.00. The minimum Gasteiger partial charge on any atom is -0.396 e. The van der Waals surface area contributed by atoms with Crippen LogP contribution < -0.4 is 5.73 Å². The molecule has 0 amide bonds. The molecule has 0 fully saturated rings. The summed E-state index contributed by atoms with van der Waals surface area (Å²) in [7, 11) is 0. The molecule has 3 nitrogen and oxygen atoms in total. The number of aromatic nitrogens is 1. The molecular weight excluding hydrogens is 232 g/mol. The van der Waals surface area contributed by atoms with Crippen molar-refractivity contribution in [2.75, 3.05) is 6.61 Å². The maximum Gasteiger partial charge on any atom is 0.104 e. The van der Waals surface area contributed by atoms with E-state index in [4.69, 9.17) is 23.1 Å². The molecule has 4 heteroatoms. The molecule has 3 N–H and O–H groups in total. The largest absolute Gasteiger partial charge is 0.396 e. The van der Waals surface area contributed by atoms with Crippen LogP contribution in [-0.4, -0.2) is 21.3 Å². The van der Waals surface area contributed by atoms with Crippen molar-refractivity contribution >= 4 is 28.1 Å². The molecule has 0 saturated carbocycles. The third-order valence-electron chi connectivity index (χ3n) is 2.88. The number of hydrogen-bond donors (Lipinski definition) is 2. The van der Waals surface area contributed by atoms with E-state index in [1.807, 2.05) is 37.4 Å². The highest BCUT2D eigenvalue weighted by molar-refractivity contribution is 7.80. The Morgan fingerprint density at radius 3 is 2.88 bits per heavy atom. The number of thiocarbonyl (C=S) groups is 1. The van der Waals surface area contributed by atoms with Gasteiger partial charge in [-0.15, -0.1) is 0 Å². The fourth-order valence-corrected chi connectivity index (χ4v) is 2.03. The molecule has 1 unspecified atom stereocenters. The molecule has 17 heavy (non-hydrogen) atoms. The van der Waals surface area contributed by atoms with E-state index in [9.17, 15) is 0 Å². The number of hydrogen-bond acceptors (Lipinski definition) is 2. The molecule has 0 saturated heterocycles. The van der Waals surface area contributed by atoms with E-state index in [0.29, 0.717) is 4.99 Å². The molecule has 0 aliphatic carbocycles. The highest BCUT2D eigenvalue weighted by Gasteiger charge is 2.06.